The zero-order chi connectivity index (χ0) is 2.00. The van der Waals surface area contributed by atoms with Gasteiger partial charge in [-0.15, -0.1) is 0 Å². The topological polar surface area (TPSA) is 17.1 Å². The Morgan fingerprint density at radius 2 is 1.50 bits per heavy atom. The first kappa shape index (κ1) is 15.8. The first-order valence-corrected chi connectivity index (χ1v) is 1.79. The van der Waals surface area contributed by atoms with E-state index in [0.29, 0.717) is 0 Å². The van der Waals surface area contributed by atoms with Crippen molar-refractivity contribution in [1.29, 1.82) is 0 Å². The molecule has 4 heavy (non-hydrogen) atoms. The molecule has 0 bridgehead atoms. The number of hydrogen-bond donors (Lipinski definition) is 0. The Morgan fingerprint density at radius 1 is 1.50 bits per heavy atom. The molecule has 0 rings (SSSR count). The zero-order valence-electron chi connectivity index (χ0n) is 5.62. The van der Waals surface area contributed by atoms with Gasteiger partial charge in [0.1, 0.15) is 0 Å². The molecule has 18 valence electrons. The summed E-state index contributed by atoms with van der Waals surface area (Å²) in [7, 11) is 0. The van der Waals surface area contributed by atoms with Crippen molar-refractivity contribution in [1.82, 2.24) is 0 Å². The van der Waals surface area contributed by atoms with Crippen LogP contribution < -0.4 is 18.9 Å². The number of hydrogen-bond acceptors (Lipinski definition) is 1. The third-order valence-corrected chi connectivity index (χ3v) is 0. The standard InChI is InChI=1S/Ba.Bi.Li.O.4H/q+2;;+1;;;3*-1. The molecule has 0 aliphatic heterocycles. The van der Waals surface area contributed by atoms with Crippen LogP contribution in [-0.2, 0) is 2.81 Å². The van der Waals surface area contributed by atoms with Crippen LogP contribution in [0.5, 0.6) is 0 Å². The fraction of sp³-hybridized carbons (Fsp3) is 0. The summed E-state index contributed by atoms with van der Waals surface area (Å²) in [5.41, 5.74) is 0. The van der Waals surface area contributed by atoms with E-state index in [2.05, 4.69) is 0 Å². The summed E-state index contributed by atoms with van der Waals surface area (Å²) >= 11 is 0.0556. The first-order chi connectivity index (χ1) is 1.00. The Hall–Kier alpha value is 2.85. The summed E-state index contributed by atoms with van der Waals surface area (Å²) in [5, 5.41) is 0. The quantitative estimate of drug-likeness (QED) is 0.398. The molecule has 0 amide bonds. The predicted octanol–water partition coefficient (Wildman–Crippen LogP) is -3.81. The molecule has 0 saturated heterocycles. The van der Waals surface area contributed by atoms with Crippen molar-refractivity contribution in [3.05, 3.63) is 0 Å². The molecule has 0 N–H and O–H groups in total. The van der Waals surface area contributed by atoms with E-state index in [1.807, 2.05) is 0 Å². The normalized spacial score (nSPS) is 1.00. The van der Waals surface area contributed by atoms with Crippen molar-refractivity contribution in [3.63, 3.8) is 0 Å². The summed E-state index contributed by atoms with van der Waals surface area (Å²) < 4.78 is 8.39. The maximum absolute atomic E-state index is 8.39. The van der Waals surface area contributed by atoms with Gasteiger partial charge in [0.05, 0.1) is 0 Å². The van der Waals surface area contributed by atoms with Gasteiger partial charge in [-0.2, -0.15) is 0 Å². The fourth-order valence-corrected chi connectivity index (χ4v) is 0. The van der Waals surface area contributed by atoms with E-state index >= 15 is 0 Å². The molecule has 0 saturated carbocycles. The SMILES string of the molecule is [Ba+2].[H-].[H-].[H-].[Li+].[O]=[BiH]. The van der Waals surface area contributed by atoms with Crippen molar-refractivity contribution < 1.29 is 26.0 Å². The van der Waals surface area contributed by atoms with Gasteiger partial charge in [0.2, 0.25) is 0 Å². The van der Waals surface area contributed by atoms with Crippen LogP contribution in [0.2, 0.25) is 0 Å². The van der Waals surface area contributed by atoms with Crippen LogP contribution in [0, 0.1) is 0 Å². The van der Waals surface area contributed by atoms with Crippen LogP contribution in [0.25, 0.3) is 0 Å². The van der Waals surface area contributed by atoms with Crippen molar-refractivity contribution in [2.45, 2.75) is 0 Å². The van der Waals surface area contributed by atoms with Crippen molar-refractivity contribution in [2.24, 2.45) is 0 Å². The third kappa shape index (κ3) is 8.85. The molecule has 0 unspecified atom stereocenters. The second kappa shape index (κ2) is 16.9. The van der Waals surface area contributed by atoms with E-state index in [-0.39, 0.29) is 96.7 Å². The van der Waals surface area contributed by atoms with Gasteiger partial charge in [0.15, 0.2) is 0 Å². The Balaban J connectivity index is -0.000000000500. The zero-order valence-corrected chi connectivity index (χ0v) is 10.9. The second-order valence-corrected chi connectivity index (χ2v) is 0. The van der Waals surface area contributed by atoms with Crippen molar-refractivity contribution in [3.8, 4) is 0 Å². The van der Waals surface area contributed by atoms with Crippen LogP contribution in [0.1, 0.15) is 4.28 Å². The Bertz CT molecular complexity index is 14.9. The molecule has 0 atom stereocenters. The van der Waals surface area contributed by atoms with Gasteiger partial charge in [-0.1, -0.05) is 0 Å². The van der Waals surface area contributed by atoms with E-state index in [4.69, 9.17) is 2.81 Å². The predicted molar refractivity (Wildman–Crippen MR) is 16.9 cm³/mol. The van der Waals surface area contributed by atoms with Crippen LogP contribution in [0.3, 0.4) is 0 Å². The van der Waals surface area contributed by atoms with Crippen molar-refractivity contribution in [2.75, 3.05) is 0 Å². The summed E-state index contributed by atoms with van der Waals surface area (Å²) in [4.78, 5) is 0. The average Bonchev–Trinajstić information content (AvgIpc) is 1.00. The van der Waals surface area contributed by atoms with Crippen LogP contribution >= 0.6 is 0 Å². The molecule has 0 heterocycles. The first-order valence-electron chi connectivity index (χ1n) is 0.204. The molecule has 0 radical (unpaired) electrons. The van der Waals surface area contributed by atoms with Crippen LogP contribution in [-0.4, -0.2) is 73.6 Å². The third-order valence-electron chi connectivity index (χ3n) is 0. The molecule has 0 aromatic carbocycles. The Kier molecular flexibility index (Phi) is 67.0. The summed E-state index contributed by atoms with van der Waals surface area (Å²) in [6.07, 6.45) is 0. The molecular formula is H4BaBiLiO. The molecule has 1 nitrogen and oxygen atoms in total. The van der Waals surface area contributed by atoms with Crippen molar-refractivity contribution >= 4 is 73.6 Å². The Labute approximate surface area is 97.3 Å². The van der Waals surface area contributed by atoms with Gasteiger partial charge in [-0.3, -0.25) is 0 Å². The van der Waals surface area contributed by atoms with Gasteiger partial charge >= 0.3 is 95.3 Å². The van der Waals surface area contributed by atoms with Gasteiger partial charge in [0, 0.05) is 0 Å². The molecule has 0 aliphatic carbocycles. The van der Waals surface area contributed by atoms with E-state index in [0.717, 1.165) is 0 Å². The minimum atomic E-state index is 0. The summed E-state index contributed by atoms with van der Waals surface area (Å²) in [6, 6.07) is 0. The molecule has 0 aliphatic rings. The Morgan fingerprint density at radius 3 is 1.50 bits per heavy atom. The minimum absolute atomic E-state index is 0. The van der Waals surface area contributed by atoms with Gasteiger partial charge in [0.25, 0.3) is 0 Å². The molecule has 0 aromatic rings. The molecule has 0 spiro atoms. The molecule has 4 heteroatoms. The second-order valence-electron chi connectivity index (χ2n) is 0. The molecular weight excluding hydrogens is 369 g/mol. The van der Waals surface area contributed by atoms with E-state index in [9.17, 15) is 0 Å². The van der Waals surface area contributed by atoms with Gasteiger partial charge in [-0.25, -0.2) is 0 Å². The summed E-state index contributed by atoms with van der Waals surface area (Å²) in [5.74, 6) is 0. The van der Waals surface area contributed by atoms with E-state index in [1.54, 1.807) is 0 Å². The summed E-state index contributed by atoms with van der Waals surface area (Å²) in [6.45, 7) is 0. The monoisotopic (exact) mass is 374 g/mol. The fourth-order valence-electron chi connectivity index (χ4n) is 0. The van der Waals surface area contributed by atoms with Crippen LogP contribution in [0.15, 0.2) is 0 Å². The van der Waals surface area contributed by atoms with Gasteiger partial charge < -0.3 is 4.28 Å². The van der Waals surface area contributed by atoms with E-state index < -0.39 is 0 Å². The van der Waals surface area contributed by atoms with E-state index in [1.165, 1.54) is 0 Å². The average molecular weight is 373 g/mol. The van der Waals surface area contributed by atoms with Gasteiger partial charge in [-0.05, 0) is 0 Å². The van der Waals surface area contributed by atoms with Crippen LogP contribution in [0.4, 0.5) is 0 Å². The molecule has 0 fully saturated rings. The molecule has 0 aromatic heterocycles. The maximum atomic E-state index is 8.39. The number of rotatable bonds is 0.